The van der Waals surface area contributed by atoms with Crippen molar-refractivity contribution >= 4 is 23.5 Å². The molecule has 1 rings (SSSR count). The fourth-order valence-corrected chi connectivity index (χ4v) is 1.42. The number of Topliss-reactive ketones (excluding diaryl/α,β-unsaturated/α-hetero) is 1. The van der Waals surface area contributed by atoms with Crippen LogP contribution in [-0.4, -0.2) is 40.4 Å². The number of aliphatic carboxylic acids is 1. The molecule has 0 saturated heterocycles. The molecule has 0 aliphatic carbocycles. The van der Waals surface area contributed by atoms with Gasteiger partial charge in [0, 0.05) is 18.3 Å². The Labute approximate surface area is 117 Å². The van der Waals surface area contributed by atoms with Gasteiger partial charge in [-0.25, -0.2) is 9.59 Å². The topological polar surface area (TPSA) is 86.7 Å². The SMILES string of the molecule is CC(=O)c1cccc(NC(=O)N(C)C(C)(C)C(=O)O)c1. The molecule has 0 fully saturated rings. The molecule has 20 heavy (non-hydrogen) atoms. The molecule has 2 amide bonds. The van der Waals surface area contributed by atoms with Crippen molar-refractivity contribution in [3.05, 3.63) is 29.8 Å². The van der Waals surface area contributed by atoms with Crippen molar-refractivity contribution in [2.24, 2.45) is 0 Å². The third kappa shape index (κ3) is 3.34. The van der Waals surface area contributed by atoms with E-state index >= 15 is 0 Å². The third-order valence-electron chi connectivity index (χ3n) is 3.19. The van der Waals surface area contributed by atoms with E-state index in [2.05, 4.69) is 5.32 Å². The highest BCUT2D eigenvalue weighted by molar-refractivity contribution is 5.97. The van der Waals surface area contributed by atoms with Gasteiger partial charge in [-0.1, -0.05) is 12.1 Å². The molecule has 0 aliphatic rings. The Morgan fingerprint density at radius 3 is 2.35 bits per heavy atom. The van der Waals surface area contributed by atoms with Crippen molar-refractivity contribution in [1.29, 1.82) is 0 Å². The Kier molecular flexibility index (Phi) is 4.49. The van der Waals surface area contributed by atoms with Gasteiger partial charge in [0.2, 0.25) is 0 Å². The van der Waals surface area contributed by atoms with E-state index in [0.29, 0.717) is 11.3 Å². The standard InChI is InChI=1S/C14H18N2O4/c1-9(17)10-6-5-7-11(8-10)15-13(20)16(4)14(2,3)12(18)19/h5-8H,1-4H3,(H,15,20)(H,18,19). The number of hydrogen-bond donors (Lipinski definition) is 2. The molecule has 0 aromatic heterocycles. The molecule has 108 valence electrons. The average molecular weight is 278 g/mol. The molecule has 6 heteroatoms. The van der Waals surface area contributed by atoms with E-state index in [1.165, 1.54) is 27.8 Å². The zero-order chi connectivity index (χ0) is 15.5. The smallest absolute Gasteiger partial charge is 0.329 e. The molecule has 2 N–H and O–H groups in total. The minimum atomic E-state index is -1.33. The number of amides is 2. The quantitative estimate of drug-likeness (QED) is 0.827. The molecule has 6 nitrogen and oxygen atoms in total. The van der Waals surface area contributed by atoms with Gasteiger partial charge >= 0.3 is 12.0 Å². The summed E-state index contributed by atoms with van der Waals surface area (Å²) in [7, 11) is 1.40. The van der Waals surface area contributed by atoms with Crippen molar-refractivity contribution < 1.29 is 19.5 Å². The summed E-state index contributed by atoms with van der Waals surface area (Å²) in [5.41, 5.74) is -0.416. The summed E-state index contributed by atoms with van der Waals surface area (Å²) in [6.07, 6.45) is 0. The molecule has 0 aliphatic heterocycles. The summed E-state index contributed by atoms with van der Waals surface area (Å²) < 4.78 is 0. The number of carbonyl (C=O) groups excluding carboxylic acids is 2. The van der Waals surface area contributed by atoms with Crippen LogP contribution in [0.4, 0.5) is 10.5 Å². The summed E-state index contributed by atoms with van der Waals surface area (Å²) in [6, 6.07) is 5.91. The van der Waals surface area contributed by atoms with Crippen LogP contribution in [0.15, 0.2) is 24.3 Å². The molecule has 1 aromatic carbocycles. The van der Waals surface area contributed by atoms with Crippen LogP contribution in [0.25, 0.3) is 0 Å². The molecular formula is C14H18N2O4. The minimum Gasteiger partial charge on any atom is -0.480 e. The van der Waals surface area contributed by atoms with E-state index in [-0.39, 0.29) is 5.78 Å². The summed E-state index contributed by atoms with van der Waals surface area (Å²) in [6.45, 7) is 4.29. The number of ketones is 1. The lowest BCUT2D eigenvalue weighted by Gasteiger charge is -2.31. The number of anilines is 1. The number of nitrogens with one attached hydrogen (secondary N) is 1. The maximum Gasteiger partial charge on any atom is 0.329 e. The first-order chi connectivity index (χ1) is 9.16. The second kappa shape index (κ2) is 5.73. The van der Waals surface area contributed by atoms with Crippen LogP contribution in [0.2, 0.25) is 0 Å². The van der Waals surface area contributed by atoms with Gasteiger partial charge in [-0.2, -0.15) is 0 Å². The summed E-state index contributed by atoms with van der Waals surface area (Å²) in [4.78, 5) is 35.5. The summed E-state index contributed by atoms with van der Waals surface area (Å²) in [5.74, 6) is -1.21. The maximum atomic E-state index is 12.0. The van der Waals surface area contributed by atoms with Crippen molar-refractivity contribution in [1.82, 2.24) is 4.90 Å². The van der Waals surface area contributed by atoms with Gasteiger partial charge in [-0.3, -0.25) is 4.79 Å². The van der Waals surface area contributed by atoms with Crippen LogP contribution in [0.1, 0.15) is 31.1 Å². The van der Waals surface area contributed by atoms with E-state index in [4.69, 9.17) is 5.11 Å². The lowest BCUT2D eigenvalue weighted by atomic mass is 10.0. The predicted molar refractivity (Wildman–Crippen MR) is 74.9 cm³/mol. The Morgan fingerprint density at radius 1 is 1.25 bits per heavy atom. The second-order valence-electron chi connectivity index (χ2n) is 4.99. The van der Waals surface area contributed by atoms with Gasteiger partial charge in [-0.15, -0.1) is 0 Å². The Balaban J connectivity index is 2.88. The van der Waals surface area contributed by atoms with E-state index in [1.807, 2.05) is 0 Å². The van der Waals surface area contributed by atoms with E-state index in [9.17, 15) is 14.4 Å². The predicted octanol–water partition coefficient (Wildman–Crippen LogP) is 2.22. The third-order valence-corrected chi connectivity index (χ3v) is 3.19. The van der Waals surface area contributed by atoms with Crippen LogP contribution in [0.3, 0.4) is 0 Å². The lowest BCUT2D eigenvalue weighted by molar-refractivity contribution is -0.146. The number of carboxylic acid groups (broad SMARTS) is 1. The Hall–Kier alpha value is -2.37. The first-order valence-corrected chi connectivity index (χ1v) is 6.05. The molecule has 0 saturated carbocycles. The number of carboxylic acids is 1. The molecule has 0 radical (unpaired) electrons. The molecule has 0 spiro atoms. The zero-order valence-corrected chi connectivity index (χ0v) is 11.9. The summed E-state index contributed by atoms with van der Waals surface area (Å²) >= 11 is 0. The van der Waals surface area contributed by atoms with E-state index in [0.717, 1.165) is 4.90 Å². The monoisotopic (exact) mass is 278 g/mol. The number of benzene rings is 1. The fraction of sp³-hybridized carbons (Fsp3) is 0.357. The van der Waals surface area contributed by atoms with Crippen molar-refractivity contribution in [3.8, 4) is 0 Å². The highest BCUT2D eigenvalue weighted by Crippen LogP contribution is 2.16. The van der Waals surface area contributed by atoms with Crippen molar-refractivity contribution in [2.75, 3.05) is 12.4 Å². The molecule has 1 aromatic rings. The van der Waals surface area contributed by atoms with Crippen LogP contribution in [-0.2, 0) is 4.79 Å². The van der Waals surface area contributed by atoms with Crippen LogP contribution in [0.5, 0.6) is 0 Å². The van der Waals surface area contributed by atoms with Crippen LogP contribution < -0.4 is 5.32 Å². The van der Waals surface area contributed by atoms with Gasteiger partial charge < -0.3 is 15.3 Å². The molecule has 0 bridgehead atoms. The van der Waals surface area contributed by atoms with Gasteiger partial charge in [-0.05, 0) is 32.9 Å². The van der Waals surface area contributed by atoms with Crippen LogP contribution >= 0.6 is 0 Å². The normalized spacial score (nSPS) is 10.8. The van der Waals surface area contributed by atoms with E-state index < -0.39 is 17.5 Å². The van der Waals surface area contributed by atoms with Gasteiger partial charge in [0.1, 0.15) is 5.54 Å². The van der Waals surface area contributed by atoms with Gasteiger partial charge in [0.15, 0.2) is 5.78 Å². The number of rotatable bonds is 4. The molecule has 0 unspecified atom stereocenters. The molecule has 0 atom stereocenters. The van der Waals surface area contributed by atoms with Crippen molar-refractivity contribution in [3.63, 3.8) is 0 Å². The number of urea groups is 1. The number of hydrogen-bond acceptors (Lipinski definition) is 3. The van der Waals surface area contributed by atoms with Crippen LogP contribution in [0, 0.1) is 0 Å². The second-order valence-corrected chi connectivity index (χ2v) is 4.99. The van der Waals surface area contributed by atoms with Gasteiger partial charge in [0.05, 0.1) is 0 Å². The van der Waals surface area contributed by atoms with Crippen molar-refractivity contribution in [2.45, 2.75) is 26.3 Å². The Bertz CT molecular complexity index is 552. The lowest BCUT2D eigenvalue weighted by Crippen LogP contribution is -2.52. The average Bonchev–Trinajstić information content (AvgIpc) is 2.37. The number of nitrogens with zero attached hydrogens (tertiary/aromatic N) is 1. The molecule has 0 heterocycles. The Morgan fingerprint density at radius 2 is 1.85 bits per heavy atom. The minimum absolute atomic E-state index is 0.111. The first-order valence-electron chi connectivity index (χ1n) is 6.05. The van der Waals surface area contributed by atoms with E-state index in [1.54, 1.807) is 24.3 Å². The van der Waals surface area contributed by atoms with Gasteiger partial charge in [0.25, 0.3) is 0 Å². The fourth-order valence-electron chi connectivity index (χ4n) is 1.42. The first kappa shape index (κ1) is 15.7. The summed E-state index contributed by atoms with van der Waals surface area (Å²) in [5, 5.41) is 11.6. The molecular weight excluding hydrogens is 260 g/mol. The number of likely N-dealkylation sites (N-methyl/N-ethyl adjacent to an activating group) is 1. The maximum absolute atomic E-state index is 12.0. The highest BCUT2D eigenvalue weighted by atomic mass is 16.4. The highest BCUT2D eigenvalue weighted by Gasteiger charge is 2.35. The zero-order valence-electron chi connectivity index (χ0n) is 11.9. The number of carbonyl (C=O) groups is 3. The largest absolute Gasteiger partial charge is 0.480 e.